The number of pyridine rings is 1. The number of amides is 1. The topological polar surface area (TPSA) is 97.8 Å². The van der Waals surface area contributed by atoms with Gasteiger partial charge < -0.3 is 14.4 Å². The Morgan fingerprint density at radius 3 is 2.45 bits per heavy atom. The maximum absolute atomic E-state index is 13.4. The fraction of sp³-hybridized carbons (Fsp3) is 0.250. The van der Waals surface area contributed by atoms with Crippen molar-refractivity contribution in [2.24, 2.45) is 0 Å². The molecule has 174 valence electrons. The first-order chi connectivity index (χ1) is 15.8. The smallest absolute Gasteiger partial charge is 0.261 e. The van der Waals surface area contributed by atoms with E-state index in [0.29, 0.717) is 35.7 Å². The minimum absolute atomic E-state index is 0.00297. The number of anilines is 1. The van der Waals surface area contributed by atoms with E-state index in [-0.39, 0.29) is 17.3 Å². The zero-order valence-corrected chi connectivity index (χ0v) is 19.6. The molecule has 3 rings (SSSR count). The molecule has 1 amide bonds. The van der Waals surface area contributed by atoms with Crippen molar-refractivity contribution in [3.8, 4) is 5.75 Å². The van der Waals surface area contributed by atoms with Crippen LogP contribution in [0.1, 0.15) is 21.6 Å². The number of aromatic nitrogens is 1. The number of rotatable bonds is 10. The van der Waals surface area contributed by atoms with Gasteiger partial charge in [-0.1, -0.05) is 12.1 Å². The summed E-state index contributed by atoms with van der Waals surface area (Å²) in [5.41, 5.74) is 2.09. The summed E-state index contributed by atoms with van der Waals surface area (Å²) in [6.45, 7) is 2.74. The average molecular weight is 470 g/mol. The second-order valence-corrected chi connectivity index (χ2v) is 9.03. The van der Waals surface area contributed by atoms with Crippen molar-refractivity contribution in [3.63, 3.8) is 0 Å². The molecule has 1 heterocycles. The van der Waals surface area contributed by atoms with Gasteiger partial charge in [-0.25, -0.2) is 8.42 Å². The lowest BCUT2D eigenvalue weighted by molar-refractivity contribution is 0.0677. The van der Waals surface area contributed by atoms with E-state index in [1.807, 2.05) is 12.1 Å². The monoisotopic (exact) mass is 469 g/mol. The number of nitrogens with one attached hydrogen (secondary N) is 1. The number of carbonyl (C=O) groups excluding carboxylic acids is 1. The first-order valence-corrected chi connectivity index (χ1v) is 11.8. The zero-order valence-electron chi connectivity index (χ0n) is 18.8. The molecule has 0 aliphatic carbocycles. The second-order valence-electron chi connectivity index (χ2n) is 7.35. The number of carbonyl (C=O) groups is 1. The Balaban J connectivity index is 1.88. The van der Waals surface area contributed by atoms with E-state index in [2.05, 4.69) is 9.71 Å². The fourth-order valence-electron chi connectivity index (χ4n) is 3.18. The van der Waals surface area contributed by atoms with Crippen LogP contribution in [-0.2, 0) is 21.3 Å². The molecular formula is C24H27N3O5S. The molecule has 1 N–H and O–H groups in total. The molecule has 0 fully saturated rings. The summed E-state index contributed by atoms with van der Waals surface area (Å²) in [7, 11) is -0.808. The molecule has 0 saturated carbocycles. The highest BCUT2D eigenvalue weighted by Gasteiger charge is 2.22. The van der Waals surface area contributed by atoms with E-state index in [1.165, 1.54) is 19.2 Å². The number of methoxy groups -OCH3 is 2. The molecule has 2 aromatic carbocycles. The summed E-state index contributed by atoms with van der Waals surface area (Å²) >= 11 is 0. The van der Waals surface area contributed by atoms with Crippen LogP contribution < -0.4 is 9.46 Å². The number of benzene rings is 2. The first kappa shape index (κ1) is 24.2. The number of aryl methyl sites for hydroxylation is 1. The normalized spacial score (nSPS) is 11.1. The lowest BCUT2D eigenvalue weighted by atomic mass is 10.1. The molecule has 0 aliphatic heterocycles. The standard InChI is InChI=1S/C24H27N3O5S/c1-18-7-12-22(33(29,30)26-19-8-10-21(32-3)11-9-19)16-23(18)24(28)27(14-15-31-2)17-20-6-4-5-13-25-20/h4-13,16,26H,14-15,17H2,1-3H3. The molecule has 3 aromatic rings. The maximum Gasteiger partial charge on any atom is 0.261 e. The van der Waals surface area contributed by atoms with Gasteiger partial charge in [0.1, 0.15) is 5.75 Å². The number of nitrogens with zero attached hydrogens (tertiary/aromatic N) is 2. The van der Waals surface area contributed by atoms with Crippen LogP contribution >= 0.6 is 0 Å². The number of hydrogen-bond acceptors (Lipinski definition) is 6. The molecule has 9 heteroatoms. The third kappa shape index (κ3) is 6.30. The highest BCUT2D eigenvalue weighted by molar-refractivity contribution is 7.92. The van der Waals surface area contributed by atoms with Crippen LogP contribution in [0, 0.1) is 6.92 Å². The van der Waals surface area contributed by atoms with Crippen LogP contribution in [0.15, 0.2) is 71.8 Å². The molecule has 8 nitrogen and oxygen atoms in total. The Hall–Kier alpha value is -3.43. The van der Waals surface area contributed by atoms with E-state index < -0.39 is 10.0 Å². The number of sulfonamides is 1. The van der Waals surface area contributed by atoms with E-state index in [1.54, 1.807) is 61.5 Å². The summed E-state index contributed by atoms with van der Waals surface area (Å²) in [6, 6.07) is 16.5. The van der Waals surface area contributed by atoms with Crippen molar-refractivity contribution in [2.75, 3.05) is 32.1 Å². The van der Waals surface area contributed by atoms with Gasteiger partial charge in [0.05, 0.1) is 30.9 Å². The van der Waals surface area contributed by atoms with Gasteiger partial charge in [0, 0.05) is 31.1 Å². The third-order valence-corrected chi connectivity index (χ3v) is 6.40. The summed E-state index contributed by atoms with van der Waals surface area (Å²) in [4.78, 5) is 19.3. The predicted molar refractivity (Wildman–Crippen MR) is 126 cm³/mol. The van der Waals surface area contributed by atoms with Crippen LogP contribution in [-0.4, -0.2) is 51.6 Å². The summed E-state index contributed by atoms with van der Waals surface area (Å²) in [5.74, 6) is 0.321. The van der Waals surface area contributed by atoms with Crippen molar-refractivity contribution in [3.05, 3.63) is 83.7 Å². The van der Waals surface area contributed by atoms with Crippen LogP contribution in [0.4, 0.5) is 5.69 Å². The Morgan fingerprint density at radius 2 is 1.82 bits per heavy atom. The first-order valence-electron chi connectivity index (χ1n) is 10.3. The molecule has 0 saturated heterocycles. The van der Waals surface area contributed by atoms with Crippen LogP contribution in [0.5, 0.6) is 5.75 Å². The van der Waals surface area contributed by atoms with Gasteiger partial charge in [-0.05, 0) is 61.0 Å². The highest BCUT2D eigenvalue weighted by atomic mass is 32.2. The lowest BCUT2D eigenvalue weighted by Gasteiger charge is -2.23. The minimum Gasteiger partial charge on any atom is -0.497 e. The molecule has 0 unspecified atom stereocenters. The lowest BCUT2D eigenvalue weighted by Crippen LogP contribution is -2.34. The molecule has 0 aliphatic rings. The van der Waals surface area contributed by atoms with Crippen LogP contribution in [0.2, 0.25) is 0 Å². The van der Waals surface area contributed by atoms with Gasteiger partial charge in [0.25, 0.3) is 15.9 Å². The highest BCUT2D eigenvalue weighted by Crippen LogP contribution is 2.22. The van der Waals surface area contributed by atoms with Crippen LogP contribution in [0.3, 0.4) is 0 Å². The van der Waals surface area contributed by atoms with Gasteiger partial charge in [0.2, 0.25) is 0 Å². The summed E-state index contributed by atoms with van der Waals surface area (Å²) in [6.07, 6.45) is 1.66. The van der Waals surface area contributed by atoms with Gasteiger partial charge >= 0.3 is 0 Å². The Bertz CT molecular complexity index is 1180. The third-order valence-electron chi connectivity index (χ3n) is 5.02. The predicted octanol–water partition coefficient (Wildman–Crippen LogP) is 3.49. The number of hydrogen-bond donors (Lipinski definition) is 1. The SMILES string of the molecule is COCCN(Cc1ccccn1)C(=O)c1cc(S(=O)(=O)Nc2ccc(OC)cc2)ccc1C. The maximum atomic E-state index is 13.4. The van der Waals surface area contributed by atoms with Crippen LogP contribution in [0.25, 0.3) is 0 Å². The Morgan fingerprint density at radius 1 is 1.06 bits per heavy atom. The van der Waals surface area contributed by atoms with Crippen molar-refractivity contribution >= 4 is 21.6 Å². The van der Waals surface area contributed by atoms with Crippen molar-refractivity contribution in [1.29, 1.82) is 0 Å². The Kier molecular flexibility index (Phi) is 8.02. The molecular weight excluding hydrogens is 442 g/mol. The molecule has 33 heavy (non-hydrogen) atoms. The van der Waals surface area contributed by atoms with Crippen molar-refractivity contribution < 1.29 is 22.7 Å². The average Bonchev–Trinajstić information content (AvgIpc) is 2.82. The van der Waals surface area contributed by atoms with Gasteiger partial charge in [-0.2, -0.15) is 0 Å². The van der Waals surface area contributed by atoms with E-state index in [4.69, 9.17) is 9.47 Å². The second kappa shape index (κ2) is 10.9. The summed E-state index contributed by atoms with van der Waals surface area (Å²) in [5, 5.41) is 0. The quantitative estimate of drug-likeness (QED) is 0.488. The van der Waals surface area contributed by atoms with Gasteiger partial charge in [0.15, 0.2) is 0 Å². The van der Waals surface area contributed by atoms with E-state index in [9.17, 15) is 13.2 Å². The van der Waals surface area contributed by atoms with Gasteiger partial charge in [-0.15, -0.1) is 0 Å². The van der Waals surface area contributed by atoms with Crippen molar-refractivity contribution in [2.45, 2.75) is 18.4 Å². The fourth-order valence-corrected chi connectivity index (χ4v) is 4.27. The number of ether oxygens (including phenoxy) is 2. The van der Waals surface area contributed by atoms with E-state index >= 15 is 0 Å². The molecule has 0 spiro atoms. The van der Waals surface area contributed by atoms with Gasteiger partial charge in [-0.3, -0.25) is 14.5 Å². The summed E-state index contributed by atoms with van der Waals surface area (Å²) < 4.78 is 38.7. The molecule has 0 atom stereocenters. The zero-order chi connectivity index (χ0) is 23.8. The largest absolute Gasteiger partial charge is 0.497 e. The molecule has 1 aromatic heterocycles. The van der Waals surface area contributed by atoms with Crippen molar-refractivity contribution in [1.82, 2.24) is 9.88 Å². The Labute approximate surface area is 194 Å². The molecule has 0 bridgehead atoms. The minimum atomic E-state index is -3.91. The van der Waals surface area contributed by atoms with E-state index in [0.717, 1.165) is 5.69 Å². The molecule has 0 radical (unpaired) electrons.